The third-order valence-corrected chi connectivity index (χ3v) is 1.84. The number of benzene rings is 1. The van der Waals surface area contributed by atoms with Crippen molar-refractivity contribution in [3.63, 3.8) is 0 Å². The number of halogens is 1. The Labute approximate surface area is 69.0 Å². The normalized spacial score (nSPS) is 15.2. The molecule has 1 aliphatic rings. The van der Waals surface area contributed by atoms with Gasteiger partial charge in [-0.1, -0.05) is 6.07 Å². The van der Waals surface area contributed by atoms with Gasteiger partial charge < -0.3 is 4.74 Å². The summed E-state index contributed by atoms with van der Waals surface area (Å²) in [5, 5.41) is 0. The molecule has 1 aromatic carbocycles. The molecule has 0 atom stereocenters. The van der Waals surface area contributed by atoms with Gasteiger partial charge in [0.1, 0.15) is 18.2 Å². The van der Waals surface area contributed by atoms with Gasteiger partial charge in [-0.3, -0.25) is 4.79 Å². The van der Waals surface area contributed by atoms with Crippen molar-refractivity contribution in [1.82, 2.24) is 0 Å². The topological polar surface area (TPSA) is 26.3 Å². The predicted molar refractivity (Wildman–Crippen MR) is 40.6 cm³/mol. The van der Waals surface area contributed by atoms with E-state index in [9.17, 15) is 9.18 Å². The molecule has 0 N–H and O–H groups in total. The van der Waals surface area contributed by atoms with E-state index in [0.717, 1.165) is 0 Å². The summed E-state index contributed by atoms with van der Waals surface area (Å²) in [7, 11) is 0. The lowest BCUT2D eigenvalue weighted by Gasteiger charge is -2.15. The lowest BCUT2D eigenvalue weighted by atomic mass is 10.1. The zero-order valence-electron chi connectivity index (χ0n) is 6.34. The van der Waals surface area contributed by atoms with Crippen LogP contribution in [0.3, 0.4) is 0 Å². The number of ketones is 1. The number of hydrogen-bond donors (Lipinski definition) is 0. The molecular formula is C9H7FO2. The number of ether oxygens (including phenoxy) is 1. The van der Waals surface area contributed by atoms with E-state index in [1.54, 1.807) is 12.1 Å². The minimum atomic E-state index is -0.361. The maximum absolute atomic E-state index is 13.0. The summed E-state index contributed by atoms with van der Waals surface area (Å²) in [5.74, 6) is 0.0581. The Kier molecular flexibility index (Phi) is 1.57. The van der Waals surface area contributed by atoms with Crippen LogP contribution in [0.2, 0.25) is 0 Å². The predicted octanol–water partition coefficient (Wildman–Crippen LogP) is 1.33. The van der Waals surface area contributed by atoms with E-state index in [4.69, 9.17) is 4.74 Å². The second-order valence-corrected chi connectivity index (χ2v) is 2.72. The van der Waals surface area contributed by atoms with Gasteiger partial charge in [-0.2, -0.15) is 0 Å². The van der Waals surface area contributed by atoms with Crippen molar-refractivity contribution in [2.45, 2.75) is 6.42 Å². The molecular weight excluding hydrogens is 159 g/mol. The van der Waals surface area contributed by atoms with E-state index in [-0.39, 0.29) is 24.6 Å². The maximum atomic E-state index is 13.0. The van der Waals surface area contributed by atoms with Gasteiger partial charge in [0, 0.05) is 12.0 Å². The molecule has 0 saturated carbocycles. The highest BCUT2D eigenvalue weighted by Gasteiger charge is 2.19. The smallest absolute Gasteiger partial charge is 0.174 e. The Hall–Kier alpha value is -1.38. The third kappa shape index (κ3) is 1.07. The van der Waals surface area contributed by atoms with Crippen LogP contribution in [-0.2, 0) is 11.2 Å². The Morgan fingerprint density at radius 2 is 2.25 bits per heavy atom. The minimum absolute atomic E-state index is 0.0659. The second kappa shape index (κ2) is 2.59. The summed E-state index contributed by atoms with van der Waals surface area (Å²) in [4.78, 5) is 10.9. The van der Waals surface area contributed by atoms with Gasteiger partial charge in [0.25, 0.3) is 0 Å². The molecule has 0 bridgehead atoms. The molecule has 0 fully saturated rings. The van der Waals surface area contributed by atoms with Gasteiger partial charge >= 0.3 is 0 Å². The molecule has 1 aromatic rings. The average Bonchev–Trinajstić information content (AvgIpc) is 2.07. The van der Waals surface area contributed by atoms with Crippen LogP contribution in [0.15, 0.2) is 18.2 Å². The highest BCUT2D eigenvalue weighted by atomic mass is 19.1. The van der Waals surface area contributed by atoms with E-state index >= 15 is 0 Å². The Bertz CT molecular complexity index is 333. The fraction of sp³-hybridized carbons (Fsp3) is 0.222. The zero-order chi connectivity index (χ0) is 8.55. The van der Waals surface area contributed by atoms with Crippen LogP contribution in [0.1, 0.15) is 5.56 Å². The fourth-order valence-electron chi connectivity index (χ4n) is 1.25. The minimum Gasteiger partial charge on any atom is -0.485 e. The summed E-state index contributed by atoms with van der Waals surface area (Å²) < 4.78 is 18.0. The van der Waals surface area contributed by atoms with E-state index in [1.807, 2.05) is 0 Å². The van der Waals surface area contributed by atoms with Crippen LogP contribution in [0.5, 0.6) is 5.75 Å². The molecule has 62 valence electrons. The number of carbonyl (C=O) groups excluding carboxylic acids is 1. The molecule has 0 amide bonds. The SMILES string of the molecule is O=C1COc2cccc(F)c2C1. The number of fused-ring (bicyclic) bond motifs is 1. The number of Topliss-reactive ketones (excluding diaryl/α,β-unsaturated/α-hetero) is 1. The van der Waals surface area contributed by atoms with Gasteiger partial charge in [-0.25, -0.2) is 4.39 Å². The molecule has 3 heteroatoms. The fourth-order valence-corrected chi connectivity index (χ4v) is 1.25. The number of carbonyl (C=O) groups is 1. The molecule has 0 unspecified atom stereocenters. The largest absolute Gasteiger partial charge is 0.485 e. The van der Waals surface area contributed by atoms with Crippen LogP contribution in [0, 0.1) is 5.82 Å². The van der Waals surface area contributed by atoms with Crippen molar-refractivity contribution in [1.29, 1.82) is 0 Å². The molecule has 0 saturated heterocycles. The zero-order valence-corrected chi connectivity index (χ0v) is 6.34. The Morgan fingerprint density at radius 1 is 1.42 bits per heavy atom. The average molecular weight is 166 g/mol. The molecule has 0 spiro atoms. The van der Waals surface area contributed by atoms with Crippen LogP contribution in [0.4, 0.5) is 4.39 Å². The summed E-state index contributed by atoms with van der Waals surface area (Å²) in [6.07, 6.45) is 0.155. The Balaban J connectivity index is 2.50. The lowest BCUT2D eigenvalue weighted by Crippen LogP contribution is -2.21. The first-order chi connectivity index (χ1) is 5.77. The molecule has 1 aliphatic heterocycles. The molecule has 0 aromatic heterocycles. The summed E-state index contributed by atoms with van der Waals surface area (Å²) in [5.41, 5.74) is 0.383. The van der Waals surface area contributed by atoms with Crippen molar-refractivity contribution in [2.24, 2.45) is 0 Å². The first kappa shape index (κ1) is 7.28. The van der Waals surface area contributed by atoms with Gasteiger partial charge in [0.2, 0.25) is 0 Å². The molecule has 0 radical (unpaired) electrons. The van der Waals surface area contributed by atoms with Gasteiger partial charge in [-0.15, -0.1) is 0 Å². The van der Waals surface area contributed by atoms with Crippen LogP contribution >= 0.6 is 0 Å². The second-order valence-electron chi connectivity index (χ2n) is 2.72. The van der Waals surface area contributed by atoms with E-state index in [0.29, 0.717) is 11.3 Å². The molecule has 12 heavy (non-hydrogen) atoms. The Morgan fingerprint density at radius 3 is 3.08 bits per heavy atom. The highest BCUT2D eigenvalue weighted by Crippen LogP contribution is 2.25. The van der Waals surface area contributed by atoms with Crippen molar-refractivity contribution >= 4 is 5.78 Å². The summed E-state index contributed by atoms with van der Waals surface area (Å²) in [6.45, 7) is 0.0659. The quantitative estimate of drug-likeness (QED) is 0.581. The van der Waals surface area contributed by atoms with Crippen LogP contribution in [0.25, 0.3) is 0 Å². The van der Waals surface area contributed by atoms with Crippen molar-refractivity contribution in [2.75, 3.05) is 6.61 Å². The van der Waals surface area contributed by atoms with Crippen LogP contribution in [-0.4, -0.2) is 12.4 Å². The number of hydrogen-bond acceptors (Lipinski definition) is 2. The third-order valence-electron chi connectivity index (χ3n) is 1.84. The van der Waals surface area contributed by atoms with Crippen molar-refractivity contribution < 1.29 is 13.9 Å². The van der Waals surface area contributed by atoms with Gasteiger partial charge in [-0.05, 0) is 12.1 Å². The first-order valence-electron chi connectivity index (χ1n) is 3.69. The maximum Gasteiger partial charge on any atom is 0.174 e. The van der Waals surface area contributed by atoms with Gasteiger partial charge in [0.15, 0.2) is 5.78 Å². The van der Waals surface area contributed by atoms with Gasteiger partial charge in [0.05, 0.1) is 0 Å². The molecule has 0 aliphatic carbocycles. The highest BCUT2D eigenvalue weighted by molar-refractivity contribution is 5.84. The molecule has 1 heterocycles. The van der Waals surface area contributed by atoms with E-state index in [2.05, 4.69) is 0 Å². The van der Waals surface area contributed by atoms with E-state index in [1.165, 1.54) is 6.07 Å². The lowest BCUT2D eigenvalue weighted by molar-refractivity contribution is -0.121. The monoisotopic (exact) mass is 166 g/mol. The first-order valence-corrected chi connectivity index (χ1v) is 3.69. The molecule has 2 nitrogen and oxygen atoms in total. The van der Waals surface area contributed by atoms with Crippen molar-refractivity contribution in [3.05, 3.63) is 29.6 Å². The number of rotatable bonds is 0. The standard InChI is InChI=1S/C9H7FO2/c10-8-2-1-3-9-7(8)4-6(11)5-12-9/h1-3H,4-5H2. The van der Waals surface area contributed by atoms with E-state index < -0.39 is 0 Å². The summed E-state index contributed by atoms with van der Waals surface area (Å²) >= 11 is 0. The van der Waals surface area contributed by atoms with Crippen LogP contribution < -0.4 is 4.74 Å². The van der Waals surface area contributed by atoms with Crippen molar-refractivity contribution in [3.8, 4) is 5.75 Å². The molecule has 2 rings (SSSR count). The summed E-state index contributed by atoms with van der Waals surface area (Å²) in [6, 6.07) is 4.58.